The number of nitrogens with zero attached hydrogens (tertiary/aromatic N) is 3. The van der Waals surface area contributed by atoms with Crippen molar-refractivity contribution in [2.45, 2.75) is 12.8 Å². The Kier molecular flexibility index (Phi) is 4.83. The van der Waals surface area contributed by atoms with E-state index in [-0.39, 0.29) is 0 Å². The third kappa shape index (κ3) is 3.35. The molecule has 0 aromatic heterocycles. The molecule has 0 bridgehead atoms. The van der Waals surface area contributed by atoms with E-state index in [2.05, 4.69) is 15.9 Å². The number of benzene rings is 1. The first kappa shape index (κ1) is 15.2. The van der Waals surface area contributed by atoms with Gasteiger partial charge in [0.25, 0.3) is 0 Å². The molecule has 5 nitrogen and oxygen atoms in total. The van der Waals surface area contributed by atoms with Crippen LogP contribution in [-0.4, -0.2) is 68.6 Å². The van der Waals surface area contributed by atoms with Crippen molar-refractivity contribution in [3.05, 3.63) is 24.3 Å². The van der Waals surface area contributed by atoms with Gasteiger partial charge in [0.05, 0.1) is 19.3 Å². The lowest BCUT2D eigenvalue weighted by atomic mass is 10.2. The molecule has 120 valence electrons. The molecule has 2 saturated heterocycles. The zero-order valence-electron chi connectivity index (χ0n) is 13.3. The summed E-state index contributed by atoms with van der Waals surface area (Å²) in [5.74, 6) is 1.22. The van der Waals surface area contributed by atoms with Gasteiger partial charge in [0.1, 0.15) is 5.75 Å². The highest BCUT2D eigenvalue weighted by Crippen LogP contribution is 2.28. The third-order valence-corrected chi connectivity index (χ3v) is 4.62. The minimum Gasteiger partial charge on any atom is -0.495 e. The Labute approximate surface area is 132 Å². The number of piperazine rings is 1. The van der Waals surface area contributed by atoms with Crippen LogP contribution >= 0.6 is 0 Å². The second-order valence-electron chi connectivity index (χ2n) is 6.02. The number of hydrogen-bond acceptors (Lipinski definition) is 4. The van der Waals surface area contributed by atoms with E-state index in [1.807, 2.05) is 23.1 Å². The van der Waals surface area contributed by atoms with Crippen molar-refractivity contribution in [3.63, 3.8) is 0 Å². The molecule has 3 rings (SSSR count). The molecule has 2 fully saturated rings. The molecular weight excluding hydrogens is 278 g/mol. The summed E-state index contributed by atoms with van der Waals surface area (Å²) in [5.41, 5.74) is 1.15. The van der Waals surface area contributed by atoms with Crippen molar-refractivity contribution in [2.75, 3.05) is 57.8 Å². The highest BCUT2D eigenvalue weighted by atomic mass is 16.5. The Morgan fingerprint density at radius 2 is 1.73 bits per heavy atom. The molecule has 1 aromatic rings. The van der Waals surface area contributed by atoms with Crippen LogP contribution < -0.4 is 9.64 Å². The van der Waals surface area contributed by atoms with Crippen LogP contribution in [0.2, 0.25) is 0 Å². The van der Waals surface area contributed by atoms with Gasteiger partial charge in [-0.25, -0.2) is 0 Å². The number of rotatable bonds is 4. The average molecular weight is 303 g/mol. The number of carbonyl (C=O) groups is 1. The Hall–Kier alpha value is -1.75. The molecule has 0 aliphatic carbocycles. The lowest BCUT2D eigenvalue weighted by molar-refractivity contribution is -0.131. The molecule has 2 aliphatic heterocycles. The van der Waals surface area contributed by atoms with E-state index in [1.54, 1.807) is 7.11 Å². The SMILES string of the molecule is COc1ccccc1N1CCN(CC(=O)N2CCCC2)CC1. The number of ether oxygens (including phenoxy) is 1. The quantitative estimate of drug-likeness (QED) is 0.843. The largest absolute Gasteiger partial charge is 0.495 e. The van der Waals surface area contributed by atoms with Gasteiger partial charge in [0.2, 0.25) is 5.91 Å². The van der Waals surface area contributed by atoms with Gasteiger partial charge in [-0.1, -0.05) is 12.1 Å². The Morgan fingerprint density at radius 1 is 1.05 bits per heavy atom. The number of anilines is 1. The smallest absolute Gasteiger partial charge is 0.236 e. The first-order chi connectivity index (χ1) is 10.8. The van der Waals surface area contributed by atoms with Crippen LogP contribution in [-0.2, 0) is 4.79 Å². The molecule has 22 heavy (non-hydrogen) atoms. The number of para-hydroxylation sites is 2. The van der Waals surface area contributed by atoms with E-state index in [9.17, 15) is 4.79 Å². The summed E-state index contributed by atoms with van der Waals surface area (Å²) in [5, 5.41) is 0. The van der Waals surface area contributed by atoms with Crippen molar-refractivity contribution in [1.82, 2.24) is 9.80 Å². The van der Waals surface area contributed by atoms with E-state index >= 15 is 0 Å². The molecule has 0 N–H and O–H groups in total. The minimum atomic E-state index is 0.295. The maximum absolute atomic E-state index is 12.2. The minimum absolute atomic E-state index is 0.295. The molecule has 0 radical (unpaired) electrons. The van der Waals surface area contributed by atoms with Crippen LogP contribution in [0.1, 0.15) is 12.8 Å². The van der Waals surface area contributed by atoms with Crippen molar-refractivity contribution >= 4 is 11.6 Å². The number of hydrogen-bond donors (Lipinski definition) is 0. The maximum Gasteiger partial charge on any atom is 0.236 e. The Balaban J connectivity index is 1.53. The Bertz CT molecular complexity index is 506. The topological polar surface area (TPSA) is 36.0 Å². The summed E-state index contributed by atoms with van der Waals surface area (Å²) >= 11 is 0. The summed E-state index contributed by atoms with van der Waals surface area (Å²) in [6, 6.07) is 8.14. The summed E-state index contributed by atoms with van der Waals surface area (Å²) in [4.78, 5) is 18.8. The van der Waals surface area contributed by atoms with Gasteiger partial charge >= 0.3 is 0 Å². The predicted molar refractivity (Wildman–Crippen MR) is 87.5 cm³/mol. The van der Waals surface area contributed by atoms with Crippen molar-refractivity contribution < 1.29 is 9.53 Å². The fourth-order valence-electron chi connectivity index (χ4n) is 3.30. The fourth-order valence-corrected chi connectivity index (χ4v) is 3.30. The van der Waals surface area contributed by atoms with Crippen LogP contribution in [0.15, 0.2) is 24.3 Å². The molecule has 2 heterocycles. The maximum atomic E-state index is 12.2. The number of amides is 1. The van der Waals surface area contributed by atoms with E-state index < -0.39 is 0 Å². The molecule has 0 unspecified atom stereocenters. The normalized spacial score (nSPS) is 19.5. The van der Waals surface area contributed by atoms with Gasteiger partial charge in [-0.15, -0.1) is 0 Å². The number of methoxy groups -OCH3 is 1. The van der Waals surface area contributed by atoms with Gasteiger partial charge in [-0.05, 0) is 25.0 Å². The van der Waals surface area contributed by atoms with Gasteiger partial charge in [0.15, 0.2) is 0 Å². The van der Waals surface area contributed by atoms with Gasteiger partial charge in [-0.2, -0.15) is 0 Å². The standard InChI is InChI=1S/C17H25N3O2/c1-22-16-7-3-2-6-15(16)19-12-10-18(11-13-19)14-17(21)20-8-4-5-9-20/h2-3,6-7H,4-5,8-14H2,1H3. The Morgan fingerprint density at radius 3 is 2.41 bits per heavy atom. The van der Waals surface area contributed by atoms with Crippen LogP contribution in [0.5, 0.6) is 5.75 Å². The second-order valence-corrected chi connectivity index (χ2v) is 6.02. The molecule has 5 heteroatoms. The van der Waals surface area contributed by atoms with Crippen molar-refractivity contribution in [2.24, 2.45) is 0 Å². The molecule has 1 aromatic carbocycles. The predicted octanol–water partition coefficient (Wildman–Crippen LogP) is 1.44. The molecule has 0 spiro atoms. The molecular formula is C17H25N3O2. The zero-order chi connectivity index (χ0) is 15.4. The first-order valence-corrected chi connectivity index (χ1v) is 8.16. The zero-order valence-corrected chi connectivity index (χ0v) is 13.3. The lowest BCUT2D eigenvalue weighted by Gasteiger charge is -2.36. The second kappa shape index (κ2) is 7.01. The van der Waals surface area contributed by atoms with Gasteiger partial charge < -0.3 is 14.5 Å². The van der Waals surface area contributed by atoms with Crippen molar-refractivity contribution in [1.29, 1.82) is 0 Å². The van der Waals surface area contributed by atoms with E-state index in [4.69, 9.17) is 4.74 Å². The monoisotopic (exact) mass is 303 g/mol. The number of likely N-dealkylation sites (tertiary alicyclic amines) is 1. The van der Waals surface area contributed by atoms with E-state index in [1.165, 1.54) is 0 Å². The molecule has 0 saturated carbocycles. The molecule has 2 aliphatic rings. The van der Waals surface area contributed by atoms with Gasteiger partial charge in [-0.3, -0.25) is 9.69 Å². The fraction of sp³-hybridized carbons (Fsp3) is 0.588. The van der Waals surface area contributed by atoms with Crippen LogP contribution in [0.25, 0.3) is 0 Å². The van der Waals surface area contributed by atoms with Gasteiger partial charge in [0, 0.05) is 39.3 Å². The summed E-state index contributed by atoms with van der Waals surface area (Å²) < 4.78 is 5.44. The van der Waals surface area contributed by atoms with E-state index in [0.29, 0.717) is 12.5 Å². The third-order valence-electron chi connectivity index (χ3n) is 4.62. The highest BCUT2D eigenvalue weighted by molar-refractivity contribution is 5.78. The average Bonchev–Trinajstić information content (AvgIpc) is 3.10. The summed E-state index contributed by atoms with van der Waals surface area (Å²) in [6.07, 6.45) is 2.32. The number of carbonyl (C=O) groups excluding carboxylic acids is 1. The molecule has 0 atom stereocenters. The van der Waals surface area contributed by atoms with Crippen LogP contribution in [0, 0.1) is 0 Å². The van der Waals surface area contributed by atoms with E-state index in [0.717, 1.165) is 63.5 Å². The van der Waals surface area contributed by atoms with Crippen molar-refractivity contribution in [3.8, 4) is 5.75 Å². The van der Waals surface area contributed by atoms with Crippen LogP contribution in [0.3, 0.4) is 0 Å². The molecule has 1 amide bonds. The first-order valence-electron chi connectivity index (χ1n) is 8.16. The summed E-state index contributed by atoms with van der Waals surface area (Å²) in [6.45, 7) is 6.19. The summed E-state index contributed by atoms with van der Waals surface area (Å²) in [7, 11) is 1.71. The highest BCUT2D eigenvalue weighted by Gasteiger charge is 2.24. The lowest BCUT2D eigenvalue weighted by Crippen LogP contribution is -2.49. The van der Waals surface area contributed by atoms with Crippen LogP contribution in [0.4, 0.5) is 5.69 Å².